The van der Waals surface area contributed by atoms with E-state index in [9.17, 15) is 84.3 Å². The summed E-state index contributed by atoms with van der Waals surface area (Å²) in [4.78, 5) is 130. The van der Waals surface area contributed by atoms with Gasteiger partial charge in [0.15, 0.2) is 5.66 Å². The standard InChI is InChI=1S/C54H110N18O18/c55-25-9-1-17-34(43(73)74)64-42(33-63)52(65-35(44(75)76)18-2-10-26-56,66-36(45(77)78)19-3-11-27-57)54(68-38(47(81)82)21-5-13-29-59,69-39(48(83)84)22-6-14-30-60)53(51(89)90,67-37(46(79)80)20-4-12-28-58)72(70-40(49(85)86)23-7-15-31-61)71-41(50(87)88)24-8-16-32-62/h34-42,64-71H,1-33,55-63H2,(H,73,74)(H,75,76)(H,77,78)(H,79,80)(H,81,82)(H,83,84)(H,85,86)(H,87,88)(H,89,90)/t34-,35-,36-,37-,38-,39-,40-,41-,42?,53+/m0/s1. The van der Waals surface area contributed by atoms with E-state index in [1.165, 1.54) is 0 Å². The molecule has 0 rings (SSSR count). The minimum absolute atomic E-state index is 0.0121. The Morgan fingerprint density at radius 1 is 0.300 bits per heavy atom. The zero-order valence-electron chi connectivity index (χ0n) is 51.9. The minimum atomic E-state index is -4.17. The number of nitrogens with zero attached hydrogens (tertiary/aromatic N) is 1. The van der Waals surface area contributed by atoms with Crippen LogP contribution < -0.4 is 94.4 Å². The predicted octanol–water partition coefficient (Wildman–Crippen LogP) is -5.01. The fourth-order valence-corrected chi connectivity index (χ4v) is 10.6. The highest BCUT2D eigenvalue weighted by Gasteiger charge is 2.75. The first kappa shape index (κ1) is 84.5. The van der Waals surface area contributed by atoms with Gasteiger partial charge in [-0.05, 0) is 168 Å². The molecule has 0 fully saturated rings. The van der Waals surface area contributed by atoms with Gasteiger partial charge in [0, 0.05) is 6.54 Å². The molecule has 36 nitrogen and oxygen atoms in total. The molecule has 10 atom stereocenters. The van der Waals surface area contributed by atoms with E-state index in [-0.39, 0.29) is 167 Å². The van der Waals surface area contributed by atoms with Crippen LogP contribution in [-0.2, 0) is 43.2 Å². The van der Waals surface area contributed by atoms with Crippen LogP contribution in [0, 0.1) is 0 Å². The fraction of sp³-hybridized carbons (Fsp3) is 0.833. The first-order valence-electron chi connectivity index (χ1n) is 31.1. The van der Waals surface area contributed by atoms with E-state index in [4.69, 9.17) is 51.6 Å². The van der Waals surface area contributed by atoms with Gasteiger partial charge in [-0.15, -0.1) is 5.12 Å². The monoisotopic (exact) mass is 1300 g/mol. The second-order valence-corrected chi connectivity index (χ2v) is 22.2. The lowest BCUT2D eigenvalue weighted by Crippen LogP contribution is -3.02. The van der Waals surface area contributed by atoms with Gasteiger partial charge < -0.3 is 97.6 Å². The van der Waals surface area contributed by atoms with E-state index < -0.39 is 177 Å². The molecule has 1 unspecified atom stereocenters. The third kappa shape index (κ3) is 27.4. The Bertz CT molecular complexity index is 2040. The fourth-order valence-electron chi connectivity index (χ4n) is 10.6. The number of nitrogens with one attached hydrogen (secondary N) is 8. The van der Waals surface area contributed by atoms with E-state index in [1.807, 2.05) is 0 Å². The van der Waals surface area contributed by atoms with Crippen molar-refractivity contribution in [3.8, 4) is 0 Å². The molecule has 0 spiro atoms. The van der Waals surface area contributed by atoms with Gasteiger partial charge in [0.25, 0.3) is 0 Å². The van der Waals surface area contributed by atoms with Crippen LogP contribution in [0.2, 0.25) is 0 Å². The number of rotatable bonds is 62. The second kappa shape index (κ2) is 46.6. The van der Waals surface area contributed by atoms with Crippen molar-refractivity contribution in [1.82, 2.24) is 47.9 Å². The molecule has 90 heavy (non-hydrogen) atoms. The number of carboxylic acids is 9. The molecule has 0 radical (unpaired) electrons. The highest BCUT2D eigenvalue weighted by Crippen LogP contribution is 2.40. The summed E-state index contributed by atoms with van der Waals surface area (Å²) in [5, 5.41) is 122. The Balaban J connectivity index is 12.0. The lowest BCUT2D eigenvalue weighted by molar-refractivity contribution is -0.211. The summed E-state index contributed by atoms with van der Waals surface area (Å²) in [6, 6.07) is -20.0. The largest absolute Gasteiger partial charge is 0.480 e. The predicted molar refractivity (Wildman–Crippen MR) is 330 cm³/mol. The lowest BCUT2D eigenvalue weighted by atomic mass is 9.71. The lowest BCUT2D eigenvalue weighted by Gasteiger charge is -2.65. The molecule has 0 amide bonds. The molecule has 36 heteroatoms. The van der Waals surface area contributed by atoms with Gasteiger partial charge in [-0.2, -0.15) is 0 Å². The molecule has 0 aromatic rings. The molecule has 524 valence electrons. The van der Waals surface area contributed by atoms with Gasteiger partial charge >= 0.3 is 53.7 Å². The van der Waals surface area contributed by atoms with Crippen LogP contribution in [0.3, 0.4) is 0 Å². The number of unbranched alkanes of at least 4 members (excludes halogenated alkanes) is 8. The maximum absolute atomic E-state index is 16.4. The van der Waals surface area contributed by atoms with Crippen molar-refractivity contribution in [3.63, 3.8) is 0 Å². The Kier molecular flexibility index (Phi) is 43.7. The molecular formula is C54H110N18O18. The molecule has 0 bridgehead atoms. The summed E-state index contributed by atoms with van der Waals surface area (Å²) in [5.41, 5.74) is 47.4. The van der Waals surface area contributed by atoms with Crippen molar-refractivity contribution >= 4 is 53.7 Å². The molecule has 0 aromatic heterocycles. The van der Waals surface area contributed by atoms with Crippen molar-refractivity contribution in [2.24, 2.45) is 51.6 Å². The number of hydrogen-bond donors (Lipinski definition) is 26. The summed E-state index contributed by atoms with van der Waals surface area (Å²) in [6.45, 7) is -1.53. The van der Waals surface area contributed by atoms with Crippen molar-refractivity contribution in [2.45, 2.75) is 225 Å². The molecule has 0 aliphatic carbocycles. The van der Waals surface area contributed by atoms with E-state index in [1.54, 1.807) is 0 Å². The molecule has 0 heterocycles. The number of carboxylic acid groups (broad SMARTS) is 9. The molecule has 0 aliphatic rings. The maximum atomic E-state index is 16.4. The summed E-state index contributed by atoms with van der Waals surface area (Å²) >= 11 is 0. The number of carbonyl (C=O) groups is 9. The van der Waals surface area contributed by atoms with Gasteiger partial charge in [-0.1, -0.05) is 38.5 Å². The average Bonchev–Trinajstić information content (AvgIpc) is 0.690. The third-order valence-corrected chi connectivity index (χ3v) is 15.4. The summed E-state index contributed by atoms with van der Waals surface area (Å²) in [6.07, 6.45) is -4.89. The van der Waals surface area contributed by atoms with E-state index in [0.29, 0.717) is 0 Å². The zero-order chi connectivity index (χ0) is 68.5. The SMILES string of the molecule is NCCCC[C@H](NC(CN)C(N[C@@H](CCCCN)C(=O)O)(N[C@@H](CCCCN)C(=O)O)C(N[C@@H](CCCCN)C(=O)O)(N[C@@H](CCCCN)C(=O)O)[C@@](N[C@@H](CCCCN)C(=O)O)(C(=O)O)N(N[C@@H](CCCCN)C(=O)O)N[C@@H](CCCCN)C(=O)O)C(=O)O. The van der Waals surface area contributed by atoms with Crippen molar-refractivity contribution in [3.05, 3.63) is 0 Å². The molecule has 0 aliphatic heterocycles. The topological polar surface area (TPSA) is 669 Å². The van der Waals surface area contributed by atoms with E-state index >= 15 is 4.79 Å². The first-order chi connectivity index (χ1) is 42.7. The average molecular weight is 1300 g/mol. The van der Waals surface area contributed by atoms with Crippen LogP contribution in [0.25, 0.3) is 0 Å². The van der Waals surface area contributed by atoms with Gasteiger partial charge in [0.1, 0.15) is 54.0 Å². The summed E-state index contributed by atoms with van der Waals surface area (Å²) < 4.78 is 0. The summed E-state index contributed by atoms with van der Waals surface area (Å²) in [7, 11) is 0. The molecule has 0 saturated heterocycles. The first-order valence-corrected chi connectivity index (χ1v) is 31.1. The van der Waals surface area contributed by atoms with Crippen LogP contribution in [0.1, 0.15) is 154 Å². The normalized spacial score (nSPS) is 15.8. The Morgan fingerprint density at radius 2 is 0.522 bits per heavy atom. The van der Waals surface area contributed by atoms with Crippen LogP contribution >= 0.6 is 0 Å². The van der Waals surface area contributed by atoms with Crippen LogP contribution in [0.5, 0.6) is 0 Å². The Hall–Kier alpha value is -5.49. The quantitative estimate of drug-likeness (QED) is 0.0154. The van der Waals surface area contributed by atoms with Gasteiger partial charge in [-0.3, -0.25) is 70.3 Å². The highest BCUT2D eigenvalue weighted by atomic mass is 16.4. The van der Waals surface area contributed by atoms with Gasteiger partial charge in [-0.25, -0.2) is 15.6 Å². The molecule has 0 aromatic carbocycles. The van der Waals surface area contributed by atoms with Gasteiger partial charge in [0.2, 0.25) is 5.66 Å². The summed E-state index contributed by atoms with van der Waals surface area (Å²) in [5.74, 6) is -17.1. The number of hydrazine groups is 2. The number of hydrogen-bond acceptors (Lipinski definition) is 27. The molecule has 0 saturated carbocycles. The van der Waals surface area contributed by atoms with Crippen molar-refractivity contribution < 1.29 is 89.1 Å². The second-order valence-electron chi connectivity index (χ2n) is 22.2. The van der Waals surface area contributed by atoms with E-state index in [0.717, 1.165) is 0 Å². The Morgan fingerprint density at radius 3 is 0.744 bits per heavy atom. The van der Waals surface area contributed by atoms with E-state index in [2.05, 4.69) is 42.8 Å². The van der Waals surface area contributed by atoms with Gasteiger partial charge in [0.05, 0.1) is 6.04 Å². The van der Waals surface area contributed by atoms with Crippen LogP contribution in [-0.4, -0.2) is 235 Å². The van der Waals surface area contributed by atoms with Crippen molar-refractivity contribution in [1.29, 1.82) is 0 Å². The third-order valence-electron chi connectivity index (χ3n) is 15.4. The van der Waals surface area contributed by atoms with Crippen LogP contribution in [0.4, 0.5) is 0 Å². The number of aliphatic carboxylic acids is 9. The van der Waals surface area contributed by atoms with Crippen LogP contribution in [0.15, 0.2) is 0 Å². The smallest absolute Gasteiger partial charge is 0.345 e. The Labute approximate surface area is 525 Å². The number of nitrogens with two attached hydrogens (primary N) is 9. The van der Waals surface area contributed by atoms with Crippen molar-refractivity contribution in [2.75, 3.05) is 58.9 Å². The molecule has 35 N–H and O–H groups in total. The maximum Gasteiger partial charge on any atom is 0.345 e. The highest BCUT2D eigenvalue weighted by molar-refractivity contribution is 5.85. The minimum Gasteiger partial charge on any atom is -0.480 e. The zero-order valence-corrected chi connectivity index (χ0v) is 51.9. The molecular weight excluding hydrogens is 1190 g/mol.